The van der Waals surface area contributed by atoms with E-state index in [1.54, 1.807) is 19.1 Å². The minimum atomic E-state index is -0.402. The molecule has 3 rings (SSSR count). The molecule has 0 aliphatic rings. The van der Waals surface area contributed by atoms with E-state index in [2.05, 4.69) is 5.32 Å². The maximum absolute atomic E-state index is 13.4. The van der Waals surface area contributed by atoms with Crippen molar-refractivity contribution >= 4 is 16.9 Å². The number of hydrogen-bond acceptors (Lipinski definition) is 5. The zero-order valence-electron chi connectivity index (χ0n) is 15.5. The third-order valence-electron chi connectivity index (χ3n) is 4.33. The number of rotatable bonds is 6. The Hall–Kier alpha value is -3.22. The molecular formula is C20H20FNO5. The molecular weight excluding hydrogens is 353 g/mol. The topological polar surface area (TPSA) is 69.9 Å². The molecule has 0 saturated carbocycles. The fourth-order valence-corrected chi connectivity index (χ4v) is 2.97. The first-order valence-corrected chi connectivity index (χ1v) is 8.24. The molecule has 0 bridgehead atoms. The Morgan fingerprint density at radius 1 is 1.07 bits per heavy atom. The van der Waals surface area contributed by atoms with Crippen LogP contribution in [0.1, 0.15) is 21.7 Å². The van der Waals surface area contributed by atoms with Crippen molar-refractivity contribution in [3.8, 4) is 17.2 Å². The molecule has 1 aromatic heterocycles. The summed E-state index contributed by atoms with van der Waals surface area (Å²) < 4.78 is 35.0. The number of carbonyl (C=O) groups is 1. The summed E-state index contributed by atoms with van der Waals surface area (Å²) in [4.78, 5) is 12.6. The minimum absolute atomic E-state index is 0.148. The van der Waals surface area contributed by atoms with Crippen molar-refractivity contribution in [3.63, 3.8) is 0 Å². The van der Waals surface area contributed by atoms with Gasteiger partial charge in [0.15, 0.2) is 17.3 Å². The van der Waals surface area contributed by atoms with E-state index in [4.69, 9.17) is 18.6 Å². The van der Waals surface area contributed by atoms with Crippen LogP contribution in [-0.4, -0.2) is 27.2 Å². The Morgan fingerprint density at radius 2 is 1.81 bits per heavy atom. The monoisotopic (exact) mass is 373 g/mol. The predicted octanol–water partition coefficient (Wildman–Crippen LogP) is 3.84. The van der Waals surface area contributed by atoms with Crippen molar-refractivity contribution in [2.75, 3.05) is 21.3 Å². The van der Waals surface area contributed by atoms with Crippen LogP contribution in [0.3, 0.4) is 0 Å². The lowest BCUT2D eigenvalue weighted by Gasteiger charge is -2.16. The van der Waals surface area contributed by atoms with Gasteiger partial charge in [0.1, 0.15) is 11.4 Å². The number of benzene rings is 2. The van der Waals surface area contributed by atoms with Gasteiger partial charge in [-0.05, 0) is 37.3 Å². The molecule has 27 heavy (non-hydrogen) atoms. The maximum atomic E-state index is 13.4. The lowest BCUT2D eigenvalue weighted by molar-refractivity contribution is 0.0924. The van der Waals surface area contributed by atoms with Crippen LogP contribution >= 0.6 is 0 Å². The summed E-state index contributed by atoms with van der Waals surface area (Å²) in [5.41, 5.74) is 1.76. The minimum Gasteiger partial charge on any atom is -0.493 e. The molecule has 0 saturated heterocycles. The molecule has 0 spiro atoms. The first-order valence-electron chi connectivity index (χ1n) is 8.24. The molecule has 0 unspecified atom stereocenters. The quantitative estimate of drug-likeness (QED) is 0.711. The number of methoxy groups -OCH3 is 3. The Labute approximate surface area is 155 Å². The third-order valence-corrected chi connectivity index (χ3v) is 4.33. The van der Waals surface area contributed by atoms with Crippen LogP contribution in [0.5, 0.6) is 17.2 Å². The average molecular weight is 373 g/mol. The lowest BCUT2D eigenvalue weighted by Crippen LogP contribution is -2.23. The Kier molecular flexibility index (Phi) is 5.21. The Balaban J connectivity index is 1.85. The average Bonchev–Trinajstić information content (AvgIpc) is 3.01. The van der Waals surface area contributed by atoms with Gasteiger partial charge in [-0.25, -0.2) is 4.39 Å². The van der Waals surface area contributed by atoms with Crippen molar-refractivity contribution in [2.24, 2.45) is 0 Å². The van der Waals surface area contributed by atoms with Crippen LogP contribution in [0.25, 0.3) is 11.0 Å². The molecule has 1 amide bonds. The van der Waals surface area contributed by atoms with E-state index in [0.29, 0.717) is 39.3 Å². The number of halogens is 1. The fourth-order valence-electron chi connectivity index (χ4n) is 2.97. The number of ether oxygens (including phenoxy) is 3. The van der Waals surface area contributed by atoms with Gasteiger partial charge in [0.25, 0.3) is 5.91 Å². The zero-order valence-corrected chi connectivity index (χ0v) is 15.5. The summed E-state index contributed by atoms with van der Waals surface area (Å²) in [5.74, 6) is 0.812. The van der Waals surface area contributed by atoms with Crippen molar-refractivity contribution < 1.29 is 27.8 Å². The molecule has 1 heterocycles. The molecule has 1 N–H and O–H groups in total. The van der Waals surface area contributed by atoms with Crippen molar-refractivity contribution in [1.82, 2.24) is 5.32 Å². The molecule has 142 valence electrons. The highest BCUT2D eigenvalue weighted by Crippen LogP contribution is 2.39. The van der Waals surface area contributed by atoms with Gasteiger partial charge in [0, 0.05) is 23.1 Å². The van der Waals surface area contributed by atoms with E-state index in [1.807, 2.05) is 0 Å². The highest BCUT2D eigenvalue weighted by Gasteiger charge is 2.20. The third kappa shape index (κ3) is 3.40. The number of amides is 1. The number of hydrogen-bond donors (Lipinski definition) is 1. The summed E-state index contributed by atoms with van der Waals surface area (Å²) in [6.45, 7) is 1.91. The van der Waals surface area contributed by atoms with Crippen LogP contribution in [0.2, 0.25) is 0 Å². The number of aryl methyl sites for hydroxylation is 1. The molecule has 0 aliphatic carbocycles. The van der Waals surface area contributed by atoms with Gasteiger partial charge in [0.05, 0.1) is 21.3 Å². The fraction of sp³-hybridized carbons (Fsp3) is 0.250. The van der Waals surface area contributed by atoms with Gasteiger partial charge in [0.2, 0.25) is 5.75 Å². The molecule has 0 radical (unpaired) electrons. The number of furan rings is 1. The van der Waals surface area contributed by atoms with Crippen LogP contribution in [0.15, 0.2) is 34.7 Å². The van der Waals surface area contributed by atoms with E-state index in [0.717, 1.165) is 0 Å². The highest BCUT2D eigenvalue weighted by molar-refractivity contribution is 5.98. The lowest BCUT2D eigenvalue weighted by atomic mass is 10.1. The molecule has 0 aliphatic heterocycles. The standard InChI is InChI=1S/C20H20FNO5/c1-11-14-9-13(21)6-8-15(14)27-17(11)20(23)22-10-12-5-7-16(24-2)19(26-4)18(12)25-3/h5-9H,10H2,1-4H3,(H,22,23). The zero-order chi connectivity index (χ0) is 19.6. The van der Waals surface area contributed by atoms with Crippen LogP contribution < -0.4 is 19.5 Å². The second-order valence-electron chi connectivity index (χ2n) is 5.87. The van der Waals surface area contributed by atoms with Crippen molar-refractivity contribution in [3.05, 3.63) is 53.0 Å². The van der Waals surface area contributed by atoms with Gasteiger partial charge < -0.3 is 23.9 Å². The highest BCUT2D eigenvalue weighted by atomic mass is 19.1. The van der Waals surface area contributed by atoms with Gasteiger partial charge in [-0.3, -0.25) is 4.79 Å². The van der Waals surface area contributed by atoms with Crippen LogP contribution in [-0.2, 0) is 6.54 Å². The molecule has 0 fully saturated rings. The molecule has 6 nitrogen and oxygen atoms in total. The molecule has 0 atom stereocenters. The Bertz CT molecular complexity index is 996. The number of fused-ring (bicyclic) bond motifs is 1. The Morgan fingerprint density at radius 3 is 2.48 bits per heavy atom. The summed E-state index contributed by atoms with van der Waals surface area (Å²) in [6, 6.07) is 7.66. The summed E-state index contributed by atoms with van der Waals surface area (Å²) in [6.07, 6.45) is 0. The predicted molar refractivity (Wildman–Crippen MR) is 98.2 cm³/mol. The summed E-state index contributed by atoms with van der Waals surface area (Å²) >= 11 is 0. The summed E-state index contributed by atoms with van der Waals surface area (Å²) in [7, 11) is 4.56. The van der Waals surface area contributed by atoms with Gasteiger partial charge in [-0.15, -0.1) is 0 Å². The van der Waals surface area contributed by atoms with E-state index in [-0.39, 0.29) is 18.1 Å². The largest absolute Gasteiger partial charge is 0.493 e. The maximum Gasteiger partial charge on any atom is 0.287 e. The van der Waals surface area contributed by atoms with E-state index in [9.17, 15) is 9.18 Å². The van der Waals surface area contributed by atoms with E-state index < -0.39 is 5.91 Å². The van der Waals surface area contributed by atoms with Crippen LogP contribution in [0, 0.1) is 12.7 Å². The van der Waals surface area contributed by atoms with Gasteiger partial charge in [-0.1, -0.05) is 0 Å². The van der Waals surface area contributed by atoms with Crippen molar-refractivity contribution in [1.29, 1.82) is 0 Å². The van der Waals surface area contributed by atoms with E-state index in [1.165, 1.54) is 39.5 Å². The summed E-state index contributed by atoms with van der Waals surface area (Å²) in [5, 5.41) is 3.37. The number of carbonyl (C=O) groups excluding carboxylic acids is 1. The first-order chi connectivity index (χ1) is 13.0. The molecule has 3 aromatic rings. The normalized spacial score (nSPS) is 10.7. The second-order valence-corrected chi connectivity index (χ2v) is 5.87. The van der Waals surface area contributed by atoms with Gasteiger partial charge >= 0.3 is 0 Å². The molecule has 7 heteroatoms. The van der Waals surface area contributed by atoms with Gasteiger partial charge in [-0.2, -0.15) is 0 Å². The van der Waals surface area contributed by atoms with Crippen LogP contribution in [0.4, 0.5) is 4.39 Å². The first kappa shape index (κ1) is 18.6. The smallest absolute Gasteiger partial charge is 0.287 e. The SMILES string of the molecule is COc1ccc(CNC(=O)c2oc3ccc(F)cc3c2C)c(OC)c1OC. The molecule has 2 aromatic carbocycles. The van der Waals surface area contributed by atoms with E-state index >= 15 is 0 Å². The number of nitrogens with one attached hydrogen (secondary N) is 1. The van der Waals surface area contributed by atoms with Crippen molar-refractivity contribution in [2.45, 2.75) is 13.5 Å². The second kappa shape index (κ2) is 7.57.